The lowest BCUT2D eigenvalue weighted by atomic mass is 9.78. The summed E-state index contributed by atoms with van der Waals surface area (Å²) >= 11 is 0. The van der Waals surface area contributed by atoms with Crippen LogP contribution in [-0.2, 0) is 47.7 Å². The molecule has 0 aromatic carbocycles. The van der Waals surface area contributed by atoms with Crippen molar-refractivity contribution in [3.05, 3.63) is 47.6 Å². The molecule has 0 aromatic rings. The van der Waals surface area contributed by atoms with Crippen LogP contribution >= 0.6 is 0 Å². The molecule has 0 radical (unpaired) electrons. The van der Waals surface area contributed by atoms with E-state index in [9.17, 15) is 44.4 Å². The highest BCUT2D eigenvalue weighted by Gasteiger charge is 2.56. The molecule has 372 valence electrons. The smallest absolute Gasteiger partial charge is 0.329 e. The zero-order chi connectivity index (χ0) is 49.0. The number of carbonyl (C=O) groups is 5. The molecule has 3 aliphatic heterocycles. The quantitative estimate of drug-likeness (QED) is 0.154. The van der Waals surface area contributed by atoms with Crippen molar-refractivity contribution in [3.8, 4) is 0 Å². The van der Waals surface area contributed by atoms with Gasteiger partial charge in [-0.25, -0.2) is 4.79 Å². The second-order valence-electron chi connectivity index (χ2n) is 19.7. The van der Waals surface area contributed by atoms with Gasteiger partial charge in [-0.3, -0.25) is 19.2 Å². The number of ether oxygens (including phenoxy) is 5. The molecule has 66 heavy (non-hydrogen) atoms. The van der Waals surface area contributed by atoms with Crippen LogP contribution in [0, 0.1) is 35.5 Å². The van der Waals surface area contributed by atoms with Crippen molar-refractivity contribution >= 4 is 29.2 Å². The number of aliphatic hydroxyl groups is 4. The molecule has 4 N–H and O–H groups in total. The fraction of sp³-hybridized carbons (Fsp3) is 0.745. The number of carbonyl (C=O) groups excluding carboxylic acids is 5. The summed E-state index contributed by atoms with van der Waals surface area (Å²) in [6, 6.07) is -1.21. The van der Waals surface area contributed by atoms with Gasteiger partial charge in [-0.2, -0.15) is 0 Å². The van der Waals surface area contributed by atoms with Gasteiger partial charge in [0.1, 0.15) is 30.1 Å². The highest BCUT2D eigenvalue weighted by Crippen LogP contribution is 2.38. The van der Waals surface area contributed by atoms with Crippen molar-refractivity contribution < 1.29 is 68.1 Å². The van der Waals surface area contributed by atoms with Gasteiger partial charge in [-0.15, -0.1) is 0 Å². The Balaban J connectivity index is 1.72. The number of hydrogen-bond acceptors (Lipinski definition) is 14. The Labute approximate surface area is 392 Å². The van der Waals surface area contributed by atoms with Gasteiger partial charge >= 0.3 is 5.97 Å². The van der Waals surface area contributed by atoms with Crippen LogP contribution in [0.4, 0.5) is 0 Å². The first-order chi connectivity index (χ1) is 31.2. The Bertz CT molecular complexity index is 1790. The van der Waals surface area contributed by atoms with Crippen molar-refractivity contribution in [2.75, 3.05) is 27.9 Å². The van der Waals surface area contributed by atoms with E-state index in [-0.39, 0.29) is 67.7 Å². The summed E-state index contributed by atoms with van der Waals surface area (Å²) in [6.45, 7) is 12.3. The maximum absolute atomic E-state index is 14.4. The maximum atomic E-state index is 14.4. The molecule has 3 fully saturated rings. The molecule has 15 nitrogen and oxygen atoms in total. The van der Waals surface area contributed by atoms with Crippen LogP contribution in [0.3, 0.4) is 0 Å². The largest absolute Gasteiger partial charge is 0.460 e. The molecule has 1 aliphatic carbocycles. The molecule has 1 amide bonds. The number of rotatable bonds is 6. The first-order valence-electron chi connectivity index (χ1n) is 24.0. The highest BCUT2D eigenvalue weighted by molar-refractivity contribution is 6.39. The van der Waals surface area contributed by atoms with E-state index in [0.29, 0.717) is 50.5 Å². The van der Waals surface area contributed by atoms with Gasteiger partial charge in [0.15, 0.2) is 5.78 Å². The van der Waals surface area contributed by atoms with Crippen LogP contribution in [0.2, 0.25) is 0 Å². The minimum atomic E-state index is -2.71. The number of fused-ring (bicyclic) bond motifs is 3. The molecular weight excluding hydrogens is 851 g/mol. The van der Waals surface area contributed by atoms with E-state index in [1.165, 1.54) is 21.1 Å². The molecule has 1 unspecified atom stereocenters. The number of hydrogen-bond donors (Lipinski definition) is 4. The normalized spacial score (nSPS) is 39.8. The Morgan fingerprint density at radius 2 is 1.55 bits per heavy atom. The summed E-state index contributed by atoms with van der Waals surface area (Å²) in [7, 11) is 4.44. The number of Topliss-reactive ketones (excluding diaryl/α,β-unsaturated/α-hetero) is 3. The van der Waals surface area contributed by atoms with Gasteiger partial charge in [0, 0.05) is 64.9 Å². The van der Waals surface area contributed by atoms with E-state index >= 15 is 0 Å². The minimum Gasteiger partial charge on any atom is -0.460 e. The van der Waals surface area contributed by atoms with E-state index in [0.717, 1.165) is 10.5 Å². The summed E-state index contributed by atoms with van der Waals surface area (Å²) in [5, 5.41) is 45.0. The van der Waals surface area contributed by atoms with Gasteiger partial charge in [0.05, 0.1) is 30.5 Å². The first kappa shape index (κ1) is 55.2. The van der Waals surface area contributed by atoms with Gasteiger partial charge in [0.2, 0.25) is 5.79 Å². The van der Waals surface area contributed by atoms with Crippen LogP contribution < -0.4 is 0 Å². The number of nitrogens with zero attached hydrogens (tertiary/aromatic N) is 1. The number of esters is 1. The molecule has 0 aromatic heterocycles. The zero-order valence-electron chi connectivity index (χ0n) is 40.9. The summed E-state index contributed by atoms with van der Waals surface area (Å²) in [5.74, 6) is -9.21. The molecule has 4 aliphatic rings. The third-order valence-electron chi connectivity index (χ3n) is 14.6. The van der Waals surface area contributed by atoms with Crippen LogP contribution in [0.15, 0.2) is 47.6 Å². The maximum Gasteiger partial charge on any atom is 0.329 e. The van der Waals surface area contributed by atoms with Crippen molar-refractivity contribution in [3.63, 3.8) is 0 Å². The van der Waals surface area contributed by atoms with Crippen molar-refractivity contribution in [2.45, 2.75) is 180 Å². The topological polar surface area (TPSA) is 216 Å². The molecule has 4 rings (SSSR count). The van der Waals surface area contributed by atoms with Crippen molar-refractivity contribution in [1.29, 1.82) is 0 Å². The van der Waals surface area contributed by atoms with Crippen LogP contribution in [0.1, 0.15) is 119 Å². The zero-order valence-corrected chi connectivity index (χ0v) is 40.9. The Hall–Kier alpha value is -3.41. The van der Waals surface area contributed by atoms with Gasteiger partial charge in [0.25, 0.3) is 11.7 Å². The predicted octanol–water partition coefficient (Wildman–Crippen LogP) is 5.15. The lowest BCUT2D eigenvalue weighted by Crippen LogP contribution is -2.63. The van der Waals surface area contributed by atoms with E-state index in [4.69, 9.17) is 23.7 Å². The number of piperidine rings is 1. The lowest BCUT2D eigenvalue weighted by Gasteiger charge is -2.44. The molecule has 15 heteroatoms. The summed E-state index contributed by atoms with van der Waals surface area (Å²) in [4.78, 5) is 71.8. The third kappa shape index (κ3) is 14.1. The van der Waals surface area contributed by atoms with Crippen molar-refractivity contribution in [2.24, 2.45) is 35.5 Å². The molecule has 2 saturated heterocycles. The first-order valence-corrected chi connectivity index (χ1v) is 24.0. The Morgan fingerprint density at radius 3 is 2.21 bits per heavy atom. The van der Waals surface area contributed by atoms with E-state index in [1.807, 2.05) is 51.2 Å². The molecular formula is C51H79NO14. The number of methoxy groups -OCH3 is 3. The van der Waals surface area contributed by atoms with Crippen LogP contribution in [-0.4, -0.2) is 143 Å². The fourth-order valence-corrected chi connectivity index (χ4v) is 10.2. The summed E-state index contributed by atoms with van der Waals surface area (Å²) in [6.07, 6.45) is 7.94. The minimum absolute atomic E-state index is 0.00715. The van der Waals surface area contributed by atoms with Gasteiger partial charge < -0.3 is 49.0 Å². The monoisotopic (exact) mass is 930 g/mol. The fourth-order valence-electron chi connectivity index (χ4n) is 10.2. The SMILES string of the molecule is CO[C@H]1C[C@@H]2CC(O)[C@@H](C)[C@@](O)(O2)C(=O)C(=O)N2CCCC[C@H]2C(=O)O[C@H]([C@H](C)C[C@@H]2CC[C@@H](O)[C@H](OC)C2)CC(=O)[C@H](C)/C=C(\C)[C@@H](O)[C@@H](OC)C(=O)[C@H](C)C[C@H](C)/C=C/C=CC=C1C. The molecule has 3 heterocycles. The second kappa shape index (κ2) is 25.3. The average molecular weight is 930 g/mol. The molecule has 2 bridgehead atoms. The van der Waals surface area contributed by atoms with Gasteiger partial charge in [-0.1, -0.05) is 71.1 Å². The van der Waals surface area contributed by atoms with E-state index < -0.39 is 90.0 Å². The Morgan fingerprint density at radius 1 is 0.833 bits per heavy atom. The predicted molar refractivity (Wildman–Crippen MR) is 247 cm³/mol. The number of amides is 1. The third-order valence-corrected chi connectivity index (χ3v) is 14.6. The summed E-state index contributed by atoms with van der Waals surface area (Å²) < 4.78 is 29.2. The van der Waals surface area contributed by atoms with Crippen molar-refractivity contribution in [1.82, 2.24) is 4.90 Å². The number of aliphatic hydroxyl groups excluding tert-OH is 3. The molecule has 1 saturated carbocycles. The van der Waals surface area contributed by atoms with Crippen LogP contribution in [0.25, 0.3) is 0 Å². The molecule has 0 spiro atoms. The average Bonchev–Trinajstić information content (AvgIpc) is 3.29. The van der Waals surface area contributed by atoms with Crippen LogP contribution in [0.5, 0.6) is 0 Å². The standard InChI is InChI=1S/C51H79NO14/c1-29-16-12-11-13-17-30(2)42(62-8)27-37-26-41(55)35(7)51(61,66-37)48(58)49(59)52-21-15-14-18-38(52)50(60)65-43(32(4)24-36-19-20-39(53)44(25-36)63-9)28-40(54)31(3)23-34(6)46(57)47(64-10)45(56)33(5)22-29/h11-13,16-17,23,29,31-33,35-39,41-44,46-47,53,55,57,61H,14-15,18-22,24-28H2,1-10H3/b13-11?,16-12+,30-17?,34-23+/t29-,31-,32-,33-,35-,36+,37+,38+,39-,41?,42+,43+,44-,46-,47+,51-/m1/s1. The second-order valence-corrected chi connectivity index (χ2v) is 19.7. The molecule has 16 atom stereocenters. The number of allylic oxidation sites excluding steroid dienone is 6. The van der Waals surface area contributed by atoms with Gasteiger partial charge in [-0.05, 0) is 94.1 Å². The van der Waals surface area contributed by atoms with E-state index in [2.05, 4.69) is 0 Å². The summed E-state index contributed by atoms with van der Waals surface area (Å²) in [5.41, 5.74) is 1.17. The van der Waals surface area contributed by atoms with E-state index in [1.54, 1.807) is 34.0 Å². The number of cyclic esters (lactones) is 1. The highest BCUT2D eigenvalue weighted by atomic mass is 16.6. The lowest BCUT2D eigenvalue weighted by molar-refractivity contribution is -0.285. The Kier molecular flexibility index (Phi) is 21.1. The number of ketones is 3.